The average Bonchev–Trinajstić information content (AvgIpc) is 3.01. The van der Waals surface area contributed by atoms with Crippen LogP contribution >= 0.6 is 0 Å². The van der Waals surface area contributed by atoms with Crippen molar-refractivity contribution in [1.82, 2.24) is 10.1 Å². The molecule has 0 aliphatic heterocycles. The molecule has 212 valence electrons. The zero-order chi connectivity index (χ0) is 29.4. The number of fused-ring (bicyclic) bond motifs is 1. The number of rotatable bonds is 11. The van der Waals surface area contributed by atoms with Crippen molar-refractivity contribution in [2.45, 2.75) is 30.9 Å². The van der Waals surface area contributed by atoms with Gasteiger partial charge in [-0.2, -0.15) is 5.10 Å². The Hall–Kier alpha value is -4.79. The Kier molecular flexibility index (Phi) is 9.06. The fraction of sp³-hybridized carbons (Fsp3) is 0.118. The lowest BCUT2D eigenvalue weighted by molar-refractivity contribution is -0.121. The Morgan fingerprint density at radius 1 is 0.833 bits per heavy atom. The van der Waals surface area contributed by atoms with Crippen LogP contribution in [0.1, 0.15) is 34.7 Å². The summed E-state index contributed by atoms with van der Waals surface area (Å²) in [5.74, 6) is 0.289. The Morgan fingerprint density at radius 3 is 2.29 bits per heavy atom. The van der Waals surface area contributed by atoms with E-state index in [1.54, 1.807) is 48.5 Å². The first-order chi connectivity index (χ1) is 20.4. The number of aryl methyl sites for hydroxylation is 1. The van der Waals surface area contributed by atoms with Gasteiger partial charge in [-0.3, -0.25) is 4.79 Å². The van der Waals surface area contributed by atoms with Crippen LogP contribution in [-0.4, -0.2) is 20.5 Å². The Labute approximate surface area is 245 Å². The lowest BCUT2D eigenvalue weighted by Gasteiger charge is -2.18. The molecule has 2 N–H and O–H groups in total. The van der Waals surface area contributed by atoms with Crippen molar-refractivity contribution >= 4 is 32.9 Å². The van der Waals surface area contributed by atoms with Crippen LogP contribution in [0, 0.1) is 6.92 Å². The highest BCUT2D eigenvalue weighted by Crippen LogP contribution is 2.22. The minimum atomic E-state index is -3.85. The summed E-state index contributed by atoms with van der Waals surface area (Å²) < 4.78 is 34.7. The lowest BCUT2D eigenvalue weighted by atomic mass is 10.0. The van der Waals surface area contributed by atoms with Gasteiger partial charge in [0, 0.05) is 6.42 Å². The fourth-order valence-corrected chi connectivity index (χ4v) is 5.75. The van der Waals surface area contributed by atoms with Crippen molar-refractivity contribution in [2.75, 3.05) is 0 Å². The predicted octanol–water partition coefficient (Wildman–Crippen LogP) is 6.29. The number of nitrogens with zero attached hydrogens (tertiary/aromatic N) is 1. The van der Waals surface area contributed by atoms with Gasteiger partial charge in [-0.1, -0.05) is 90.5 Å². The molecule has 5 rings (SSSR count). The Morgan fingerprint density at radius 2 is 1.52 bits per heavy atom. The molecule has 8 heteroatoms. The number of carbonyl (C=O) groups is 1. The van der Waals surface area contributed by atoms with Crippen molar-refractivity contribution in [3.05, 3.63) is 144 Å². The van der Waals surface area contributed by atoms with Gasteiger partial charge in [-0.25, -0.2) is 18.6 Å². The van der Waals surface area contributed by atoms with Crippen molar-refractivity contribution in [2.24, 2.45) is 5.10 Å². The molecule has 0 bridgehead atoms. The molecule has 0 unspecified atom stereocenters. The second-order valence-corrected chi connectivity index (χ2v) is 11.6. The third kappa shape index (κ3) is 7.48. The number of ether oxygens (including phenoxy) is 1. The van der Waals surface area contributed by atoms with E-state index in [1.807, 2.05) is 55.5 Å². The highest BCUT2D eigenvalue weighted by molar-refractivity contribution is 7.89. The largest absolute Gasteiger partial charge is 0.489 e. The predicted molar refractivity (Wildman–Crippen MR) is 166 cm³/mol. The lowest BCUT2D eigenvalue weighted by Crippen LogP contribution is -2.32. The molecule has 0 saturated heterocycles. The first-order valence-electron chi connectivity index (χ1n) is 13.5. The van der Waals surface area contributed by atoms with Gasteiger partial charge in [-0.05, 0) is 70.8 Å². The smallest absolute Gasteiger partial charge is 0.242 e. The second-order valence-electron chi connectivity index (χ2n) is 9.89. The van der Waals surface area contributed by atoms with Gasteiger partial charge in [-0.15, -0.1) is 0 Å². The molecular weight excluding hydrogens is 546 g/mol. The van der Waals surface area contributed by atoms with Gasteiger partial charge < -0.3 is 4.74 Å². The first kappa shape index (κ1) is 28.7. The SMILES string of the molecule is Cc1ccc(S(=O)(=O)N[C@H](CC(=O)N/N=C\c2ccc(OCc3cccc4ccccc34)cc2)c2ccccc2)cc1. The van der Waals surface area contributed by atoms with Crippen LogP contribution in [0.2, 0.25) is 0 Å². The summed E-state index contributed by atoms with van der Waals surface area (Å²) in [6.45, 7) is 2.33. The van der Waals surface area contributed by atoms with Crippen LogP contribution in [0.25, 0.3) is 10.8 Å². The molecule has 0 aromatic heterocycles. The molecule has 0 heterocycles. The van der Waals surface area contributed by atoms with Crippen molar-refractivity contribution in [1.29, 1.82) is 0 Å². The third-order valence-corrected chi connectivity index (χ3v) is 8.26. The maximum Gasteiger partial charge on any atom is 0.242 e. The van der Waals surface area contributed by atoms with E-state index in [0.29, 0.717) is 12.2 Å². The number of benzene rings is 5. The number of amides is 1. The normalized spacial score (nSPS) is 12.3. The van der Waals surface area contributed by atoms with Gasteiger partial charge in [0.25, 0.3) is 0 Å². The van der Waals surface area contributed by atoms with E-state index in [-0.39, 0.29) is 11.3 Å². The minimum absolute atomic E-state index is 0.132. The Bertz CT molecular complexity index is 1780. The van der Waals surface area contributed by atoms with Crippen LogP contribution in [0.15, 0.2) is 131 Å². The second kappa shape index (κ2) is 13.2. The molecule has 5 aromatic carbocycles. The maximum atomic E-state index is 13.0. The van der Waals surface area contributed by atoms with Gasteiger partial charge in [0.1, 0.15) is 12.4 Å². The quantitative estimate of drug-likeness (QED) is 0.143. The minimum Gasteiger partial charge on any atom is -0.489 e. The number of carbonyl (C=O) groups excluding carboxylic acids is 1. The fourth-order valence-electron chi connectivity index (χ4n) is 4.53. The molecule has 0 fully saturated rings. The number of hydrogen-bond acceptors (Lipinski definition) is 5. The summed E-state index contributed by atoms with van der Waals surface area (Å²) in [5, 5.41) is 6.40. The van der Waals surface area contributed by atoms with E-state index in [1.165, 1.54) is 11.6 Å². The molecular formula is C34H31N3O4S. The molecule has 1 atom stereocenters. The number of sulfonamides is 1. The Balaban J connectivity index is 1.18. The molecule has 42 heavy (non-hydrogen) atoms. The van der Waals surface area contributed by atoms with Crippen LogP contribution in [0.3, 0.4) is 0 Å². The number of hydrogen-bond donors (Lipinski definition) is 2. The maximum absolute atomic E-state index is 13.0. The zero-order valence-corrected chi connectivity index (χ0v) is 23.9. The monoisotopic (exact) mass is 577 g/mol. The first-order valence-corrected chi connectivity index (χ1v) is 15.0. The van der Waals surface area contributed by atoms with Crippen LogP contribution in [-0.2, 0) is 21.4 Å². The third-order valence-electron chi connectivity index (χ3n) is 6.78. The molecule has 5 aromatic rings. The standard InChI is InChI=1S/C34H31N3O4S/c1-25-14-20-31(21-15-25)42(39,40)37-33(28-9-3-2-4-10-28)22-34(38)36-35-23-26-16-18-30(19-17-26)41-24-29-12-7-11-27-8-5-6-13-32(27)29/h2-21,23,33,37H,22,24H2,1H3,(H,36,38)/b35-23-/t33-/m1/s1. The molecule has 0 aliphatic rings. The molecule has 0 spiro atoms. The summed E-state index contributed by atoms with van der Waals surface area (Å²) in [6, 6.07) is 36.5. The molecule has 0 aliphatic carbocycles. The highest BCUT2D eigenvalue weighted by atomic mass is 32.2. The van der Waals surface area contributed by atoms with Gasteiger partial charge >= 0.3 is 0 Å². The van der Waals surface area contributed by atoms with E-state index in [9.17, 15) is 13.2 Å². The summed E-state index contributed by atoms with van der Waals surface area (Å²) in [6.07, 6.45) is 1.40. The molecule has 0 radical (unpaired) electrons. The van der Waals surface area contributed by atoms with Crippen molar-refractivity contribution < 1.29 is 17.9 Å². The van der Waals surface area contributed by atoms with E-state index in [4.69, 9.17) is 4.74 Å². The van der Waals surface area contributed by atoms with Gasteiger partial charge in [0.05, 0.1) is 17.2 Å². The van der Waals surface area contributed by atoms with Crippen LogP contribution in [0.5, 0.6) is 5.75 Å². The van der Waals surface area contributed by atoms with Crippen molar-refractivity contribution in [3.8, 4) is 5.75 Å². The van der Waals surface area contributed by atoms with E-state index in [0.717, 1.165) is 27.8 Å². The summed E-state index contributed by atoms with van der Waals surface area (Å²) in [4.78, 5) is 12.9. The molecule has 7 nitrogen and oxygen atoms in total. The molecule has 1 amide bonds. The number of nitrogens with one attached hydrogen (secondary N) is 2. The van der Waals surface area contributed by atoms with E-state index < -0.39 is 22.0 Å². The molecule has 0 saturated carbocycles. The summed E-state index contributed by atoms with van der Waals surface area (Å²) in [5.41, 5.74) is 6.01. The van der Waals surface area contributed by atoms with Gasteiger partial charge in [0.2, 0.25) is 15.9 Å². The van der Waals surface area contributed by atoms with Crippen molar-refractivity contribution in [3.63, 3.8) is 0 Å². The number of hydrazone groups is 1. The zero-order valence-electron chi connectivity index (χ0n) is 23.1. The van der Waals surface area contributed by atoms with Gasteiger partial charge in [0.15, 0.2) is 0 Å². The summed E-state index contributed by atoms with van der Waals surface area (Å²) >= 11 is 0. The van der Waals surface area contributed by atoms with E-state index >= 15 is 0 Å². The highest BCUT2D eigenvalue weighted by Gasteiger charge is 2.23. The topological polar surface area (TPSA) is 96.9 Å². The van der Waals surface area contributed by atoms with Crippen LogP contribution in [0.4, 0.5) is 0 Å². The van der Waals surface area contributed by atoms with Crippen LogP contribution < -0.4 is 14.9 Å². The van der Waals surface area contributed by atoms with E-state index in [2.05, 4.69) is 39.5 Å². The summed E-state index contributed by atoms with van der Waals surface area (Å²) in [7, 11) is -3.85. The average molecular weight is 578 g/mol.